The lowest BCUT2D eigenvalue weighted by atomic mass is 9.88. The molecular weight excluding hydrogens is 551 g/mol. The van der Waals surface area contributed by atoms with Gasteiger partial charge in [-0.05, 0) is 52.8 Å². The Bertz CT molecular complexity index is 1380. The van der Waals surface area contributed by atoms with E-state index in [1.807, 2.05) is 0 Å². The molecule has 0 bridgehead atoms. The smallest absolute Gasteiger partial charge is 0.412 e. The van der Waals surface area contributed by atoms with Crippen molar-refractivity contribution in [1.82, 2.24) is 9.78 Å². The van der Waals surface area contributed by atoms with Gasteiger partial charge >= 0.3 is 12.3 Å². The molecule has 0 aliphatic carbocycles. The lowest BCUT2D eigenvalue weighted by Gasteiger charge is -2.40. The zero-order valence-electron chi connectivity index (χ0n) is 21.2. The molecule has 0 radical (unpaired) electrons. The fourth-order valence-electron chi connectivity index (χ4n) is 4.02. The Morgan fingerprint density at radius 3 is 2.45 bits per heavy atom. The summed E-state index contributed by atoms with van der Waals surface area (Å²) in [7, 11) is -4.45. The molecule has 1 aliphatic heterocycles. The number of ether oxygens (including phenoxy) is 1. The van der Waals surface area contributed by atoms with Gasteiger partial charge in [0.25, 0.3) is 10.0 Å². The number of rotatable bonds is 7. The molecule has 0 spiro atoms. The Labute approximate surface area is 223 Å². The van der Waals surface area contributed by atoms with Crippen LogP contribution in [0, 0.1) is 16.7 Å². The number of nitrogens with zero attached hydrogens (tertiary/aromatic N) is 5. The molecule has 10 nitrogen and oxygen atoms in total. The number of carbonyl (C=O) groups is 1. The third-order valence-electron chi connectivity index (χ3n) is 6.20. The fraction of sp³-hybridized carbons (Fsp3) is 0.522. The van der Waals surface area contributed by atoms with Crippen molar-refractivity contribution in [3.05, 3.63) is 29.5 Å². The quantitative estimate of drug-likeness (QED) is 0.474. The van der Waals surface area contributed by atoms with Crippen molar-refractivity contribution in [2.45, 2.75) is 70.3 Å². The highest BCUT2D eigenvalue weighted by Crippen LogP contribution is 2.45. The fourth-order valence-corrected chi connectivity index (χ4v) is 5.97. The Hall–Kier alpha value is -3.18. The average molecular weight is 578 g/mol. The highest BCUT2D eigenvalue weighted by molar-refractivity contribution is 7.93. The Kier molecular flexibility index (Phi) is 7.61. The highest BCUT2D eigenvalue weighted by atomic mass is 35.5. The van der Waals surface area contributed by atoms with E-state index in [0.29, 0.717) is 20.4 Å². The second-order valence-electron chi connectivity index (χ2n) is 9.94. The molecule has 0 saturated heterocycles. The van der Waals surface area contributed by atoms with Crippen LogP contribution in [0.5, 0.6) is 5.75 Å². The Morgan fingerprint density at radius 2 is 1.95 bits per heavy atom. The van der Waals surface area contributed by atoms with Gasteiger partial charge in [-0.15, -0.1) is 0 Å². The number of alkyl halides is 3. The lowest BCUT2D eigenvalue weighted by Crippen LogP contribution is -2.57. The standard InChI is InChI=1S/C23H27ClF3N5O5S/c1-6-30-12-18(19(24)29-30)38(35,36)31-11-15(10-21(2,3)13-28)37-17-8-7-14(9-16(17)31)32(20(33)34)22(4,5)23(25,26)27/h7-9,12,15H,6,10-11H2,1-5H3,(H,33,34). The number of aromatic nitrogens is 2. The summed E-state index contributed by atoms with van der Waals surface area (Å²) in [5, 5.41) is 22.8. The van der Waals surface area contributed by atoms with E-state index in [1.54, 1.807) is 20.8 Å². The van der Waals surface area contributed by atoms with Crippen LogP contribution in [-0.2, 0) is 16.6 Å². The number of benzene rings is 1. The molecule has 1 atom stereocenters. The first-order valence-electron chi connectivity index (χ1n) is 11.4. The number of fused-ring (bicyclic) bond motifs is 1. The number of anilines is 2. The molecule has 0 fully saturated rings. The van der Waals surface area contributed by atoms with E-state index in [4.69, 9.17) is 16.3 Å². The maximum absolute atomic E-state index is 13.8. The summed E-state index contributed by atoms with van der Waals surface area (Å²) in [6.07, 6.45) is -6.29. The molecule has 1 N–H and O–H groups in total. The van der Waals surface area contributed by atoms with Crippen LogP contribution in [0.15, 0.2) is 29.3 Å². The molecule has 15 heteroatoms. The Morgan fingerprint density at radius 1 is 1.32 bits per heavy atom. The summed E-state index contributed by atoms with van der Waals surface area (Å²) in [6, 6.07) is 5.45. The first-order chi connectivity index (χ1) is 17.4. The van der Waals surface area contributed by atoms with Gasteiger partial charge in [0.15, 0.2) is 5.15 Å². The molecule has 208 valence electrons. The molecule has 1 unspecified atom stereocenters. The van der Waals surface area contributed by atoms with Crippen molar-refractivity contribution in [2.75, 3.05) is 15.7 Å². The van der Waals surface area contributed by atoms with Gasteiger partial charge in [0.1, 0.15) is 22.3 Å². The number of carboxylic acid groups (broad SMARTS) is 1. The average Bonchev–Trinajstić information content (AvgIpc) is 3.19. The number of aryl methyl sites for hydroxylation is 1. The van der Waals surface area contributed by atoms with Gasteiger partial charge in [0, 0.05) is 19.2 Å². The van der Waals surface area contributed by atoms with Crippen molar-refractivity contribution in [1.29, 1.82) is 5.26 Å². The predicted octanol–water partition coefficient (Wildman–Crippen LogP) is 5.28. The number of hydrogen-bond acceptors (Lipinski definition) is 6. The normalized spacial score (nSPS) is 16.4. The number of sulfonamides is 1. The molecule has 3 rings (SSSR count). The molecule has 0 saturated carbocycles. The van der Waals surface area contributed by atoms with E-state index in [-0.39, 0.29) is 39.4 Å². The maximum atomic E-state index is 13.8. The van der Waals surface area contributed by atoms with Gasteiger partial charge in [0.05, 0.1) is 29.4 Å². The number of nitriles is 1. The first-order valence-corrected chi connectivity index (χ1v) is 13.2. The van der Waals surface area contributed by atoms with Gasteiger partial charge in [-0.1, -0.05) is 11.6 Å². The summed E-state index contributed by atoms with van der Waals surface area (Å²) < 4.78 is 77.1. The zero-order valence-corrected chi connectivity index (χ0v) is 22.8. The van der Waals surface area contributed by atoms with Crippen LogP contribution < -0.4 is 13.9 Å². The van der Waals surface area contributed by atoms with E-state index >= 15 is 0 Å². The largest absolute Gasteiger partial charge is 0.486 e. The number of amides is 1. The molecule has 2 aromatic rings. The van der Waals surface area contributed by atoms with Crippen LogP contribution in [-0.4, -0.2) is 53.8 Å². The van der Waals surface area contributed by atoms with E-state index < -0.39 is 45.0 Å². The summed E-state index contributed by atoms with van der Waals surface area (Å²) >= 11 is 6.13. The summed E-state index contributed by atoms with van der Waals surface area (Å²) in [4.78, 5) is 11.8. The SMILES string of the molecule is CCn1cc(S(=O)(=O)N2CC(CC(C)(C)C#N)Oc3ccc(N(C(=O)O)C(C)(C)C(F)(F)F)cc32)c(Cl)n1. The van der Waals surface area contributed by atoms with Gasteiger partial charge in [-0.2, -0.15) is 23.5 Å². The van der Waals surface area contributed by atoms with E-state index in [9.17, 15) is 36.8 Å². The molecule has 1 aromatic carbocycles. The van der Waals surface area contributed by atoms with Crippen molar-refractivity contribution in [3.8, 4) is 11.8 Å². The topological polar surface area (TPSA) is 129 Å². The van der Waals surface area contributed by atoms with E-state index in [2.05, 4.69) is 11.2 Å². The molecule has 1 aliphatic rings. The second-order valence-corrected chi connectivity index (χ2v) is 12.1. The van der Waals surface area contributed by atoms with Crippen LogP contribution in [0.1, 0.15) is 41.0 Å². The predicted molar refractivity (Wildman–Crippen MR) is 133 cm³/mol. The van der Waals surface area contributed by atoms with Crippen LogP contribution >= 0.6 is 11.6 Å². The Balaban J connectivity index is 2.22. The molecule has 1 aromatic heterocycles. The van der Waals surface area contributed by atoms with Gasteiger partial charge in [-0.3, -0.25) is 13.9 Å². The van der Waals surface area contributed by atoms with E-state index in [0.717, 1.165) is 16.4 Å². The third kappa shape index (κ3) is 5.35. The summed E-state index contributed by atoms with van der Waals surface area (Å²) in [6.45, 7) is 6.43. The summed E-state index contributed by atoms with van der Waals surface area (Å²) in [5.74, 6) is -0.0172. The van der Waals surface area contributed by atoms with Crippen molar-refractivity contribution in [2.24, 2.45) is 5.41 Å². The molecule has 38 heavy (non-hydrogen) atoms. The number of halogens is 4. The molecular formula is C23H27ClF3N5O5S. The highest BCUT2D eigenvalue weighted by Gasteiger charge is 2.54. The monoisotopic (exact) mass is 577 g/mol. The van der Waals surface area contributed by atoms with Gasteiger partial charge in [-0.25, -0.2) is 13.2 Å². The van der Waals surface area contributed by atoms with Gasteiger partial charge < -0.3 is 9.84 Å². The van der Waals surface area contributed by atoms with Crippen LogP contribution in [0.25, 0.3) is 0 Å². The van der Waals surface area contributed by atoms with Crippen molar-refractivity contribution in [3.63, 3.8) is 0 Å². The zero-order chi connectivity index (χ0) is 28.8. The minimum atomic E-state index is -4.94. The minimum Gasteiger partial charge on any atom is -0.486 e. The van der Waals surface area contributed by atoms with Gasteiger partial charge in [0.2, 0.25) is 0 Å². The molecule has 2 heterocycles. The van der Waals surface area contributed by atoms with Crippen LogP contribution in [0.4, 0.5) is 29.3 Å². The third-order valence-corrected chi connectivity index (χ3v) is 8.37. The molecule has 1 amide bonds. The summed E-state index contributed by atoms with van der Waals surface area (Å²) in [5.41, 5.74) is -4.34. The van der Waals surface area contributed by atoms with Crippen LogP contribution in [0.2, 0.25) is 5.15 Å². The minimum absolute atomic E-state index is 0.0172. The second kappa shape index (κ2) is 9.85. The van der Waals surface area contributed by atoms with Crippen molar-refractivity contribution >= 4 is 39.1 Å². The van der Waals surface area contributed by atoms with Crippen molar-refractivity contribution < 1.29 is 36.2 Å². The maximum Gasteiger partial charge on any atom is 0.412 e. The lowest BCUT2D eigenvalue weighted by molar-refractivity contribution is -0.175. The first kappa shape index (κ1) is 29.4. The van der Waals surface area contributed by atoms with E-state index in [1.165, 1.54) is 16.9 Å². The number of hydrogen-bond donors (Lipinski definition) is 1. The van der Waals surface area contributed by atoms with Crippen LogP contribution in [0.3, 0.4) is 0 Å².